The Kier molecular flexibility index (Phi) is 4.14. The summed E-state index contributed by atoms with van der Waals surface area (Å²) in [6.45, 7) is 1.38. The van der Waals surface area contributed by atoms with Crippen LogP contribution in [0.2, 0.25) is 0 Å². The fraction of sp³-hybridized carbons (Fsp3) is 0.444. The van der Waals surface area contributed by atoms with E-state index in [1.165, 1.54) is 17.5 Å². The Balaban J connectivity index is 1.64. The Hall–Kier alpha value is -2.21. The van der Waals surface area contributed by atoms with Crippen LogP contribution in [0, 0.1) is 0 Å². The van der Waals surface area contributed by atoms with Gasteiger partial charge < -0.3 is 24.8 Å². The summed E-state index contributed by atoms with van der Waals surface area (Å²) in [5.74, 6) is -4.01. The van der Waals surface area contributed by atoms with Crippen LogP contribution >= 0.6 is 11.3 Å². The van der Waals surface area contributed by atoms with Gasteiger partial charge in [0, 0.05) is 42.3 Å². The smallest absolute Gasteiger partial charge is 0.423 e. The number of thiazole rings is 1. The third-order valence-corrected chi connectivity index (χ3v) is 6.23. The maximum absolute atomic E-state index is 13.2. The molecule has 0 aliphatic carbocycles. The van der Waals surface area contributed by atoms with Crippen molar-refractivity contribution < 1.29 is 27.8 Å². The molecule has 0 amide bonds. The molecule has 0 saturated carbocycles. The molecule has 0 spiro atoms. The molecule has 2 aromatic heterocycles. The molecule has 4 heterocycles. The zero-order valence-electron chi connectivity index (χ0n) is 15.0. The molecule has 1 aromatic carbocycles. The molecule has 3 aromatic rings. The molecule has 2 atom stereocenters. The SMILES string of the molecule is OC(O)(c1cc(-c2nccs2)c2oc(N3CC4CCC(C3)N4)nc2c1)C(F)(F)F. The van der Waals surface area contributed by atoms with E-state index in [0.29, 0.717) is 36.2 Å². The summed E-state index contributed by atoms with van der Waals surface area (Å²) in [6, 6.07) is 3.01. The van der Waals surface area contributed by atoms with Crippen molar-refractivity contribution in [1.82, 2.24) is 15.3 Å². The number of alkyl halides is 3. The van der Waals surface area contributed by atoms with E-state index >= 15 is 0 Å². The molecule has 11 heteroatoms. The van der Waals surface area contributed by atoms with Crippen LogP contribution in [0.4, 0.5) is 19.2 Å². The predicted molar refractivity (Wildman–Crippen MR) is 99.4 cm³/mol. The molecule has 2 saturated heterocycles. The van der Waals surface area contributed by atoms with E-state index in [2.05, 4.69) is 15.3 Å². The number of hydrogen-bond donors (Lipinski definition) is 3. The third kappa shape index (κ3) is 3.08. The van der Waals surface area contributed by atoms with Crippen molar-refractivity contribution >= 4 is 28.5 Å². The van der Waals surface area contributed by atoms with Crippen LogP contribution < -0.4 is 10.2 Å². The van der Waals surface area contributed by atoms with E-state index in [-0.39, 0.29) is 16.7 Å². The molecule has 7 nitrogen and oxygen atoms in total. The van der Waals surface area contributed by atoms with Crippen molar-refractivity contribution in [3.63, 3.8) is 0 Å². The molecule has 2 aliphatic heterocycles. The number of piperazine rings is 1. The van der Waals surface area contributed by atoms with Gasteiger partial charge in [0.1, 0.15) is 10.5 Å². The maximum atomic E-state index is 13.2. The lowest BCUT2D eigenvalue weighted by atomic mass is 10.0. The van der Waals surface area contributed by atoms with Gasteiger partial charge in [0.05, 0.1) is 5.56 Å². The van der Waals surface area contributed by atoms with Crippen LogP contribution in [0.3, 0.4) is 0 Å². The second-order valence-corrected chi connectivity index (χ2v) is 8.31. The number of fused-ring (bicyclic) bond motifs is 3. The largest absolute Gasteiger partial charge is 0.447 e. The number of benzene rings is 1. The van der Waals surface area contributed by atoms with Crippen LogP contribution in [0.15, 0.2) is 28.1 Å². The van der Waals surface area contributed by atoms with E-state index < -0.39 is 17.5 Å². The van der Waals surface area contributed by atoms with Gasteiger partial charge in [0.15, 0.2) is 5.58 Å². The van der Waals surface area contributed by atoms with Crippen LogP contribution in [-0.4, -0.2) is 51.5 Å². The first-order chi connectivity index (χ1) is 13.7. The average Bonchev–Trinajstić information content (AvgIpc) is 3.39. The first-order valence-corrected chi connectivity index (χ1v) is 9.98. The van der Waals surface area contributed by atoms with Gasteiger partial charge in [-0.05, 0) is 25.0 Å². The van der Waals surface area contributed by atoms with Crippen molar-refractivity contribution in [1.29, 1.82) is 0 Å². The minimum Gasteiger partial charge on any atom is -0.423 e. The topological polar surface area (TPSA) is 94.7 Å². The van der Waals surface area contributed by atoms with Gasteiger partial charge in [-0.2, -0.15) is 18.2 Å². The second kappa shape index (κ2) is 6.39. The number of aromatic nitrogens is 2. The lowest BCUT2D eigenvalue weighted by Crippen LogP contribution is -2.51. The average molecular weight is 426 g/mol. The Bertz CT molecular complexity index is 1040. The molecule has 2 bridgehead atoms. The van der Waals surface area contributed by atoms with Crippen LogP contribution in [0.5, 0.6) is 0 Å². The molecule has 2 unspecified atom stereocenters. The van der Waals surface area contributed by atoms with Gasteiger partial charge in [-0.1, -0.05) is 0 Å². The monoisotopic (exact) mass is 426 g/mol. The fourth-order valence-corrected chi connectivity index (χ4v) is 4.64. The molecule has 2 aliphatic rings. The highest BCUT2D eigenvalue weighted by Gasteiger charge is 2.54. The van der Waals surface area contributed by atoms with Crippen molar-refractivity contribution in [3.05, 3.63) is 29.3 Å². The van der Waals surface area contributed by atoms with Gasteiger partial charge in [0.25, 0.3) is 11.8 Å². The standard InChI is InChI=1S/C18H17F3N4O3S/c19-18(20,21)17(26,27)9-5-12(15-22-3-4-29-15)14-13(6-9)24-16(28-14)25-7-10-1-2-11(8-25)23-10/h3-6,10-11,23,26-27H,1-2,7-8H2. The van der Waals surface area contributed by atoms with Crippen molar-refractivity contribution in [2.24, 2.45) is 0 Å². The van der Waals surface area contributed by atoms with Crippen molar-refractivity contribution in [3.8, 4) is 10.6 Å². The summed E-state index contributed by atoms with van der Waals surface area (Å²) in [5, 5.41) is 25.1. The van der Waals surface area contributed by atoms with Gasteiger partial charge in [-0.25, -0.2) is 4.98 Å². The third-order valence-electron chi connectivity index (χ3n) is 5.43. The van der Waals surface area contributed by atoms with Crippen LogP contribution in [0.25, 0.3) is 21.7 Å². The predicted octanol–water partition coefficient (Wildman–Crippen LogP) is 2.59. The van der Waals surface area contributed by atoms with E-state index in [4.69, 9.17) is 4.42 Å². The van der Waals surface area contributed by atoms with Crippen LogP contribution in [0.1, 0.15) is 18.4 Å². The highest BCUT2D eigenvalue weighted by atomic mass is 32.1. The molecular weight excluding hydrogens is 409 g/mol. The van der Waals surface area contributed by atoms with Gasteiger partial charge in [-0.15, -0.1) is 11.3 Å². The Morgan fingerprint density at radius 1 is 1.17 bits per heavy atom. The Labute approximate surface area is 166 Å². The van der Waals surface area contributed by atoms with Crippen molar-refractivity contribution in [2.75, 3.05) is 18.0 Å². The second-order valence-electron chi connectivity index (χ2n) is 7.42. The number of anilines is 1. The summed E-state index contributed by atoms with van der Waals surface area (Å²) in [4.78, 5) is 10.5. The molecule has 0 radical (unpaired) electrons. The summed E-state index contributed by atoms with van der Waals surface area (Å²) in [5.41, 5.74) is -0.114. The molecule has 5 rings (SSSR count). The molecule has 3 N–H and O–H groups in total. The zero-order valence-corrected chi connectivity index (χ0v) is 15.8. The lowest BCUT2D eigenvalue weighted by Gasteiger charge is -2.31. The first-order valence-electron chi connectivity index (χ1n) is 9.10. The minimum absolute atomic E-state index is 0.116. The van der Waals surface area contributed by atoms with Crippen molar-refractivity contribution in [2.45, 2.75) is 36.9 Å². The molecular formula is C18H17F3N4O3S. The number of rotatable bonds is 3. The summed E-state index contributed by atoms with van der Waals surface area (Å²) < 4.78 is 45.6. The van der Waals surface area contributed by atoms with Gasteiger partial charge >= 0.3 is 6.18 Å². The highest BCUT2D eigenvalue weighted by Crippen LogP contribution is 2.42. The molecule has 154 valence electrons. The number of nitrogens with zero attached hydrogens (tertiary/aromatic N) is 3. The summed E-state index contributed by atoms with van der Waals surface area (Å²) >= 11 is 1.21. The fourth-order valence-electron chi connectivity index (χ4n) is 3.99. The van der Waals surface area contributed by atoms with E-state index in [0.717, 1.165) is 25.0 Å². The number of aliphatic hydroxyl groups is 2. The van der Waals surface area contributed by atoms with E-state index in [1.807, 2.05) is 4.90 Å². The van der Waals surface area contributed by atoms with E-state index in [9.17, 15) is 23.4 Å². The highest BCUT2D eigenvalue weighted by molar-refractivity contribution is 7.13. The minimum atomic E-state index is -5.27. The Morgan fingerprint density at radius 3 is 2.52 bits per heavy atom. The maximum Gasteiger partial charge on any atom is 0.447 e. The normalized spacial score (nSPS) is 22.6. The lowest BCUT2D eigenvalue weighted by molar-refractivity contribution is -0.358. The summed E-state index contributed by atoms with van der Waals surface area (Å²) in [6.07, 6.45) is -1.65. The van der Waals surface area contributed by atoms with Gasteiger partial charge in [0.2, 0.25) is 0 Å². The van der Waals surface area contributed by atoms with E-state index in [1.54, 1.807) is 5.38 Å². The number of nitrogens with one attached hydrogen (secondary N) is 1. The van der Waals surface area contributed by atoms with Gasteiger partial charge in [-0.3, -0.25) is 0 Å². The molecule has 29 heavy (non-hydrogen) atoms. The van der Waals surface area contributed by atoms with Crippen LogP contribution in [-0.2, 0) is 5.79 Å². The molecule has 2 fully saturated rings. The quantitative estimate of drug-likeness (QED) is 0.554. The number of hydrogen-bond acceptors (Lipinski definition) is 8. The number of halogens is 3. The Morgan fingerprint density at radius 2 is 1.90 bits per heavy atom. The zero-order chi connectivity index (χ0) is 20.4. The first kappa shape index (κ1) is 18.8. The summed E-state index contributed by atoms with van der Waals surface area (Å²) in [7, 11) is 0. The number of oxazole rings is 1.